The SMILES string of the molecule is CCC1N=C(C2CCCCC2)NC1=O. The Morgan fingerprint density at radius 1 is 1.36 bits per heavy atom. The van der Waals surface area contributed by atoms with Crippen LogP contribution in [-0.4, -0.2) is 17.8 Å². The van der Waals surface area contributed by atoms with Gasteiger partial charge < -0.3 is 5.32 Å². The van der Waals surface area contributed by atoms with Gasteiger partial charge in [0.05, 0.1) is 0 Å². The number of nitrogens with one attached hydrogen (secondary N) is 1. The molecule has 0 spiro atoms. The van der Waals surface area contributed by atoms with E-state index in [2.05, 4.69) is 10.3 Å². The molecule has 1 heterocycles. The highest BCUT2D eigenvalue weighted by molar-refractivity contribution is 6.06. The van der Waals surface area contributed by atoms with Gasteiger partial charge in [-0.05, 0) is 19.3 Å². The molecule has 1 amide bonds. The second-order valence-corrected chi connectivity index (χ2v) is 4.26. The van der Waals surface area contributed by atoms with Crippen LogP contribution in [0.3, 0.4) is 0 Å². The molecule has 1 unspecified atom stereocenters. The summed E-state index contributed by atoms with van der Waals surface area (Å²) in [5.41, 5.74) is 0. The molecule has 0 aromatic heterocycles. The van der Waals surface area contributed by atoms with E-state index in [1.54, 1.807) is 0 Å². The molecule has 0 aromatic carbocycles. The second-order valence-electron chi connectivity index (χ2n) is 4.26. The van der Waals surface area contributed by atoms with Crippen LogP contribution in [0.2, 0.25) is 0 Å². The number of hydrogen-bond donors (Lipinski definition) is 1. The summed E-state index contributed by atoms with van der Waals surface area (Å²) in [6.07, 6.45) is 7.15. The van der Waals surface area contributed by atoms with E-state index >= 15 is 0 Å². The van der Waals surface area contributed by atoms with Gasteiger partial charge in [0.25, 0.3) is 0 Å². The lowest BCUT2D eigenvalue weighted by Crippen LogP contribution is -2.33. The van der Waals surface area contributed by atoms with Crippen LogP contribution in [-0.2, 0) is 4.79 Å². The first-order chi connectivity index (χ1) is 6.81. The average molecular weight is 194 g/mol. The first-order valence-corrected chi connectivity index (χ1v) is 5.70. The van der Waals surface area contributed by atoms with Gasteiger partial charge in [-0.2, -0.15) is 0 Å². The number of rotatable bonds is 2. The number of nitrogens with zero attached hydrogens (tertiary/aromatic N) is 1. The molecule has 2 rings (SSSR count). The Balaban J connectivity index is 2.00. The zero-order valence-corrected chi connectivity index (χ0v) is 8.75. The number of carbonyl (C=O) groups is 1. The van der Waals surface area contributed by atoms with Gasteiger partial charge in [0.2, 0.25) is 5.91 Å². The zero-order valence-electron chi connectivity index (χ0n) is 8.75. The fourth-order valence-electron chi connectivity index (χ4n) is 2.33. The third-order valence-corrected chi connectivity index (χ3v) is 3.23. The minimum absolute atomic E-state index is 0.105. The standard InChI is InChI=1S/C11H18N2O/c1-2-9-11(14)13-10(12-9)8-6-4-3-5-7-8/h8-9H,2-7H2,1H3,(H,12,13,14). The number of amides is 1. The molecule has 3 nitrogen and oxygen atoms in total. The van der Waals surface area contributed by atoms with Crippen molar-refractivity contribution in [2.24, 2.45) is 10.9 Å². The molecule has 0 saturated heterocycles. The van der Waals surface area contributed by atoms with Crippen molar-refractivity contribution in [2.45, 2.75) is 51.5 Å². The van der Waals surface area contributed by atoms with Gasteiger partial charge in [-0.15, -0.1) is 0 Å². The van der Waals surface area contributed by atoms with E-state index in [0.717, 1.165) is 12.3 Å². The maximum atomic E-state index is 11.4. The van der Waals surface area contributed by atoms with Gasteiger partial charge in [-0.3, -0.25) is 9.79 Å². The van der Waals surface area contributed by atoms with E-state index in [1.807, 2.05) is 6.92 Å². The smallest absolute Gasteiger partial charge is 0.250 e. The van der Waals surface area contributed by atoms with Gasteiger partial charge in [-0.25, -0.2) is 0 Å². The van der Waals surface area contributed by atoms with E-state index in [-0.39, 0.29) is 11.9 Å². The molecule has 1 saturated carbocycles. The van der Waals surface area contributed by atoms with Gasteiger partial charge >= 0.3 is 0 Å². The summed E-state index contributed by atoms with van der Waals surface area (Å²) in [6.45, 7) is 2.01. The summed E-state index contributed by atoms with van der Waals surface area (Å²) in [6, 6.07) is -0.105. The van der Waals surface area contributed by atoms with Crippen LogP contribution in [0.25, 0.3) is 0 Å². The molecule has 1 atom stereocenters. The number of amidine groups is 1. The molecular formula is C11H18N2O. The lowest BCUT2D eigenvalue weighted by Gasteiger charge is -2.20. The first-order valence-electron chi connectivity index (χ1n) is 5.70. The molecule has 0 radical (unpaired) electrons. The average Bonchev–Trinajstić information content (AvgIpc) is 2.61. The molecule has 1 aliphatic heterocycles. The Labute approximate surface area is 85.0 Å². The molecule has 14 heavy (non-hydrogen) atoms. The van der Waals surface area contributed by atoms with E-state index in [0.29, 0.717) is 5.92 Å². The molecule has 1 fully saturated rings. The maximum absolute atomic E-state index is 11.4. The monoisotopic (exact) mass is 194 g/mol. The first kappa shape index (κ1) is 9.69. The summed E-state index contributed by atoms with van der Waals surface area (Å²) >= 11 is 0. The zero-order chi connectivity index (χ0) is 9.97. The van der Waals surface area contributed by atoms with Crippen molar-refractivity contribution in [2.75, 3.05) is 0 Å². The van der Waals surface area contributed by atoms with Crippen LogP contribution in [0.5, 0.6) is 0 Å². The van der Waals surface area contributed by atoms with Crippen molar-refractivity contribution in [3.05, 3.63) is 0 Å². The van der Waals surface area contributed by atoms with Crippen molar-refractivity contribution in [3.63, 3.8) is 0 Å². The van der Waals surface area contributed by atoms with Gasteiger partial charge in [-0.1, -0.05) is 26.2 Å². The van der Waals surface area contributed by atoms with Crippen molar-refractivity contribution in [1.82, 2.24) is 5.32 Å². The summed E-state index contributed by atoms with van der Waals surface area (Å²) < 4.78 is 0. The van der Waals surface area contributed by atoms with Gasteiger partial charge in [0, 0.05) is 5.92 Å². The summed E-state index contributed by atoms with van der Waals surface area (Å²) in [4.78, 5) is 15.9. The summed E-state index contributed by atoms with van der Waals surface area (Å²) in [5.74, 6) is 1.61. The fraction of sp³-hybridized carbons (Fsp3) is 0.818. The minimum Gasteiger partial charge on any atom is -0.312 e. The highest BCUT2D eigenvalue weighted by Crippen LogP contribution is 2.26. The normalized spacial score (nSPS) is 28.8. The number of hydrogen-bond acceptors (Lipinski definition) is 2. The highest BCUT2D eigenvalue weighted by atomic mass is 16.2. The molecule has 2 aliphatic rings. The fourth-order valence-corrected chi connectivity index (χ4v) is 2.33. The van der Waals surface area contributed by atoms with Crippen LogP contribution in [0, 0.1) is 5.92 Å². The maximum Gasteiger partial charge on any atom is 0.250 e. The van der Waals surface area contributed by atoms with E-state index in [4.69, 9.17) is 0 Å². The predicted octanol–water partition coefficient (Wildman–Crippen LogP) is 1.87. The quantitative estimate of drug-likeness (QED) is 0.716. The molecular weight excluding hydrogens is 176 g/mol. The highest BCUT2D eigenvalue weighted by Gasteiger charge is 2.29. The molecule has 78 valence electrons. The van der Waals surface area contributed by atoms with E-state index < -0.39 is 0 Å². The Morgan fingerprint density at radius 3 is 2.64 bits per heavy atom. The van der Waals surface area contributed by atoms with E-state index in [9.17, 15) is 4.79 Å². The Hall–Kier alpha value is -0.860. The minimum atomic E-state index is -0.105. The van der Waals surface area contributed by atoms with Crippen LogP contribution < -0.4 is 5.32 Å². The Kier molecular flexibility index (Phi) is 2.85. The van der Waals surface area contributed by atoms with Gasteiger partial charge in [0.1, 0.15) is 11.9 Å². The topological polar surface area (TPSA) is 41.5 Å². The largest absolute Gasteiger partial charge is 0.312 e. The third kappa shape index (κ3) is 1.81. The van der Waals surface area contributed by atoms with Gasteiger partial charge in [0.15, 0.2) is 0 Å². The lowest BCUT2D eigenvalue weighted by molar-refractivity contribution is -0.120. The van der Waals surface area contributed by atoms with Crippen LogP contribution in [0.15, 0.2) is 4.99 Å². The van der Waals surface area contributed by atoms with Crippen LogP contribution in [0.4, 0.5) is 0 Å². The lowest BCUT2D eigenvalue weighted by atomic mass is 9.88. The van der Waals surface area contributed by atoms with Crippen LogP contribution >= 0.6 is 0 Å². The van der Waals surface area contributed by atoms with E-state index in [1.165, 1.54) is 32.1 Å². The summed E-state index contributed by atoms with van der Waals surface area (Å²) in [7, 11) is 0. The Morgan fingerprint density at radius 2 is 2.07 bits per heavy atom. The van der Waals surface area contributed by atoms with Crippen molar-refractivity contribution < 1.29 is 4.79 Å². The number of aliphatic imine (C=N–C) groups is 1. The van der Waals surface area contributed by atoms with Crippen LogP contribution in [0.1, 0.15) is 45.4 Å². The molecule has 1 N–H and O–H groups in total. The second kappa shape index (κ2) is 4.11. The third-order valence-electron chi connectivity index (χ3n) is 3.23. The molecule has 1 aliphatic carbocycles. The predicted molar refractivity (Wildman–Crippen MR) is 56.2 cm³/mol. The van der Waals surface area contributed by atoms with Crippen molar-refractivity contribution >= 4 is 11.7 Å². The molecule has 0 aromatic rings. The summed E-state index contributed by atoms with van der Waals surface area (Å²) in [5, 5.41) is 2.94. The van der Waals surface area contributed by atoms with Crippen molar-refractivity contribution in [3.8, 4) is 0 Å². The number of carbonyl (C=O) groups excluding carboxylic acids is 1. The van der Waals surface area contributed by atoms with Crippen molar-refractivity contribution in [1.29, 1.82) is 0 Å². The molecule has 3 heteroatoms. The molecule has 0 bridgehead atoms. The Bertz CT molecular complexity index is 254.